The fourth-order valence-corrected chi connectivity index (χ4v) is 1.01. The van der Waals surface area contributed by atoms with Crippen LogP contribution in [0.25, 0.3) is 0 Å². The molecule has 1 atom stereocenters. The van der Waals surface area contributed by atoms with Crippen LogP contribution in [0.5, 0.6) is 0 Å². The highest BCUT2D eigenvalue weighted by atomic mass is 127. The monoisotopic (exact) mass is 540 g/mol. The maximum atomic E-state index is 13.4. The van der Waals surface area contributed by atoms with Crippen molar-refractivity contribution < 1.29 is 75.3 Å². The first-order valence-corrected chi connectivity index (χ1v) is 6.17. The van der Waals surface area contributed by atoms with Gasteiger partial charge >= 0.3 is 40.4 Å². The van der Waals surface area contributed by atoms with E-state index in [1.165, 1.54) is 0 Å². The van der Waals surface area contributed by atoms with Gasteiger partial charge in [-0.3, -0.25) is 4.74 Å². The second-order valence-corrected chi connectivity index (χ2v) is 5.27. The highest BCUT2D eigenvalue weighted by Gasteiger charge is 2.81. The Morgan fingerprint density at radius 3 is 1.27 bits per heavy atom. The Kier molecular flexibility index (Phi) is 6.88. The number of rotatable bonds is 7. The third-order valence-electron chi connectivity index (χ3n) is 2.02. The largest absolute Gasteiger partial charge is 0.458 e. The van der Waals surface area contributed by atoms with E-state index in [9.17, 15) is 65.9 Å². The minimum atomic E-state index is -7.48. The van der Waals surface area contributed by atoms with Gasteiger partial charge in [-0.25, -0.2) is 4.74 Å². The van der Waals surface area contributed by atoms with Gasteiger partial charge in [0, 0.05) is 22.6 Å². The van der Waals surface area contributed by atoms with Crippen molar-refractivity contribution in [2.75, 3.05) is 0 Å². The predicted molar refractivity (Wildman–Crippen MR) is 56.2 cm³/mol. The zero-order valence-electron chi connectivity index (χ0n) is 10.9. The van der Waals surface area contributed by atoms with E-state index < -0.39 is 68.8 Å². The summed E-state index contributed by atoms with van der Waals surface area (Å²) >= 11 is -0.680. The van der Waals surface area contributed by atoms with Crippen LogP contribution in [0.15, 0.2) is 11.9 Å². The molecule has 0 aliphatic heterocycles. The molecule has 0 radical (unpaired) electrons. The Bertz CT molecular complexity index is 545. The van der Waals surface area contributed by atoms with Crippen LogP contribution in [-0.4, -0.2) is 34.3 Å². The van der Waals surface area contributed by atoms with E-state index in [1.807, 2.05) is 0 Å². The second-order valence-electron chi connectivity index (χ2n) is 3.92. The molecule has 0 saturated carbocycles. The lowest BCUT2D eigenvalue weighted by molar-refractivity contribution is -0.531. The minimum absolute atomic E-state index is 0.680. The smallest absolute Gasteiger partial charge is 0.262 e. The van der Waals surface area contributed by atoms with E-state index in [0.717, 1.165) is 0 Å². The fraction of sp³-hybridized carbons (Fsp3) is 0.750. The van der Waals surface area contributed by atoms with Crippen LogP contribution in [0, 0.1) is 0 Å². The number of halogens is 16. The van der Waals surface area contributed by atoms with Crippen molar-refractivity contribution >= 4 is 22.6 Å². The number of alkyl halides is 13. The van der Waals surface area contributed by atoms with Gasteiger partial charge in [0.05, 0.1) is 0 Å². The highest BCUT2D eigenvalue weighted by molar-refractivity contribution is 14.1. The number of hydrogen-bond acceptors (Lipinski definition) is 2. The predicted octanol–water partition coefficient (Wildman–Crippen LogP) is 6.13. The van der Waals surface area contributed by atoms with Gasteiger partial charge in [0.15, 0.2) is 0 Å². The molecule has 0 saturated heterocycles. The van der Waals surface area contributed by atoms with Crippen molar-refractivity contribution in [1.82, 2.24) is 0 Å². The molecule has 18 heteroatoms. The third-order valence-corrected chi connectivity index (χ3v) is 2.64. The first-order chi connectivity index (χ1) is 11.0. The third kappa shape index (κ3) is 4.98. The fourth-order valence-electron chi connectivity index (χ4n) is 0.898. The molecule has 0 spiro atoms. The van der Waals surface area contributed by atoms with Gasteiger partial charge in [-0.2, -0.15) is 65.9 Å². The van der Waals surface area contributed by atoms with Crippen LogP contribution >= 0.6 is 22.6 Å². The van der Waals surface area contributed by atoms with Gasteiger partial charge < -0.3 is 0 Å². The van der Waals surface area contributed by atoms with Crippen molar-refractivity contribution in [2.45, 2.75) is 34.3 Å². The Morgan fingerprint density at radius 2 is 1.00 bits per heavy atom. The lowest BCUT2D eigenvalue weighted by atomic mass is 10.2. The first-order valence-electron chi connectivity index (χ1n) is 5.09. The first kappa shape index (κ1) is 25.3. The normalized spacial score (nSPS) is 17.1. The molecule has 0 fully saturated rings. The summed E-state index contributed by atoms with van der Waals surface area (Å²) in [5.74, 6) is -11.7. The zero-order valence-corrected chi connectivity index (χ0v) is 13.0. The van der Waals surface area contributed by atoms with Crippen LogP contribution in [0.1, 0.15) is 0 Å². The summed E-state index contributed by atoms with van der Waals surface area (Å²) in [6, 6.07) is 0. The summed E-state index contributed by atoms with van der Waals surface area (Å²) in [4.78, 5) is 0. The Labute approximate surface area is 145 Å². The van der Waals surface area contributed by atoms with E-state index in [2.05, 4.69) is 0 Å². The van der Waals surface area contributed by atoms with E-state index >= 15 is 0 Å². The van der Waals surface area contributed by atoms with Gasteiger partial charge in [0.25, 0.3) is 5.83 Å². The molecule has 0 aliphatic carbocycles. The summed E-state index contributed by atoms with van der Waals surface area (Å²) in [6.45, 7) is 0. The molecule has 156 valence electrons. The maximum absolute atomic E-state index is 13.4. The Morgan fingerprint density at radius 1 is 0.615 bits per heavy atom. The van der Waals surface area contributed by atoms with Crippen molar-refractivity contribution in [3.05, 3.63) is 11.9 Å². The molecule has 0 N–H and O–H groups in total. The molecule has 0 aliphatic rings. The lowest BCUT2D eigenvalue weighted by Crippen LogP contribution is -2.64. The van der Waals surface area contributed by atoms with Crippen LogP contribution in [-0.2, 0) is 9.47 Å². The van der Waals surface area contributed by atoms with Gasteiger partial charge in [0.2, 0.25) is 0 Å². The average Bonchev–Trinajstić information content (AvgIpc) is 2.32. The molecular formula is C8F15IO2. The van der Waals surface area contributed by atoms with Crippen molar-refractivity contribution in [1.29, 1.82) is 0 Å². The van der Waals surface area contributed by atoms with E-state index in [1.54, 1.807) is 9.47 Å². The topological polar surface area (TPSA) is 18.5 Å². The van der Waals surface area contributed by atoms with Crippen molar-refractivity contribution in [3.63, 3.8) is 0 Å². The molecule has 0 aromatic rings. The van der Waals surface area contributed by atoms with E-state index in [-0.39, 0.29) is 0 Å². The number of ether oxygens (including phenoxy) is 2. The highest BCUT2D eigenvalue weighted by Crippen LogP contribution is 2.54. The summed E-state index contributed by atoms with van der Waals surface area (Å²) in [5, 5.41) is 0. The molecule has 0 bridgehead atoms. The molecule has 0 rings (SSSR count). The lowest BCUT2D eigenvalue weighted by Gasteiger charge is -2.37. The molecule has 0 heterocycles. The SMILES string of the molecule is FC(F)=C(F)C(F)(F)OC(F)(F)C(F)(OC(F)(F)C(F)(F)I)C(F)(F)F. The molecule has 1 unspecified atom stereocenters. The Hall–Kier alpha value is -0.660. The standard InChI is InChI=1S/C8F15IO2/c9-1(2(10)11)3(12,13)25-7(20,21)4(14,5(15,16)17)26-8(22,23)6(18,19)24. The maximum Gasteiger partial charge on any atom is 0.458 e. The van der Waals surface area contributed by atoms with Gasteiger partial charge in [-0.15, -0.1) is 0 Å². The van der Waals surface area contributed by atoms with Gasteiger partial charge in [0.1, 0.15) is 0 Å². The molecule has 0 aromatic carbocycles. The van der Waals surface area contributed by atoms with Crippen molar-refractivity contribution in [2.24, 2.45) is 0 Å². The van der Waals surface area contributed by atoms with Crippen LogP contribution < -0.4 is 0 Å². The average molecular weight is 540 g/mol. The van der Waals surface area contributed by atoms with Crippen LogP contribution in [0.4, 0.5) is 65.9 Å². The summed E-state index contributed by atoms with van der Waals surface area (Å²) in [7, 11) is 0. The summed E-state index contributed by atoms with van der Waals surface area (Å²) in [5.41, 5.74) is 0. The van der Waals surface area contributed by atoms with Crippen molar-refractivity contribution in [3.8, 4) is 0 Å². The quantitative estimate of drug-likeness (QED) is 0.220. The van der Waals surface area contributed by atoms with Crippen LogP contribution in [0.3, 0.4) is 0 Å². The molecule has 2 nitrogen and oxygen atoms in total. The Balaban J connectivity index is 6.21. The van der Waals surface area contributed by atoms with Crippen LogP contribution in [0.2, 0.25) is 0 Å². The van der Waals surface area contributed by atoms with E-state index in [4.69, 9.17) is 0 Å². The second kappa shape index (κ2) is 7.06. The van der Waals surface area contributed by atoms with E-state index in [0.29, 0.717) is 0 Å². The van der Waals surface area contributed by atoms with Gasteiger partial charge in [-0.05, 0) is 0 Å². The zero-order chi connectivity index (χ0) is 21.6. The molecule has 0 aromatic heterocycles. The summed E-state index contributed by atoms with van der Waals surface area (Å²) in [6.07, 6.45) is -32.4. The molecular weight excluding hydrogens is 540 g/mol. The molecule has 0 amide bonds. The number of hydrogen-bond donors (Lipinski definition) is 0. The molecule has 26 heavy (non-hydrogen) atoms. The van der Waals surface area contributed by atoms with Gasteiger partial charge in [-0.1, -0.05) is 0 Å². The summed E-state index contributed by atoms with van der Waals surface area (Å²) < 4.78 is 185. The minimum Gasteiger partial charge on any atom is -0.262 e.